The molecule has 0 unspecified atom stereocenters. The first kappa shape index (κ1) is 16.0. The van der Waals surface area contributed by atoms with Crippen molar-refractivity contribution in [2.45, 2.75) is 6.54 Å². The maximum absolute atomic E-state index is 12.5. The number of carbonyl (C=O) groups is 1. The highest BCUT2D eigenvalue weighted by atomic mass is 16.5. The molecule has 0 saturated carbocycles. The van der Waals surface area contributed by atoms with Gasteiger partial charge in [-0.25, -0.2) is 0 Å². The van der Waals surface area contributed by atoms with E-state index in [4.69, 9.17) is 10.00 Å². The molecule has 3 rings (SSSR count). The average Bonchev–Trinajstić information content (AvgIpc) is 2.62. The summed E-state index contributed by atoms with van der Waals surface area (Å²) < 4.78 is 5.23. The van der Waals surface area contributed by atoms with Crippen molar-refractivity contribution in [2.24, 2.45) is 0 Å². The standard InChI is InChI=1S/C19H19N3O2/c1-24-18-7-3-6-17(11-18)22-9-8-21(14-19(22)23)13-16-5-2-4-15(10-16)12-20/h2-7,10-11H,8-9,13-14H2,1H3. The Morgan fingerprint density at radius 3 is 2.75 bits per heavy atom. The maximum Gasteiger partial charge on any atom is 0.241 e. The lowest BCUT2D eigenvalue weighted by atomic mass is 10.1. The van der Waals surface area contributed by atoms with E-state index in [2.05, 4.69) is 11.0 Å². The van der Waals surface area contributed by atoms with Crippen molar-refractivity contribution in [3.05, 3.63) is 59.7 Å². The van der Waals surface area contributed by atoms with Crippen LogP contribution in [0.25, 0.3) is 0 Å². The minimum atomic E-state index is 0.0749. The molecule has 24 heavy (non-hydrogen) atoms. The molecule has 5 nitrogen and oxygen atoms in total. The van der Waals surface area contributed by atoms with Gasteiger partial charge in [0.15, 0.2) is 0 Å². The number of ether oxygens (including phenoxy) is 1. The highest BCUT2D eigenvalue weighted by Gasteiger charge is 2.25. The highest BCUT2D eigenvalue weighted by Crippen LogP contribution is 2.23. The van der Waals surface area contributed by atoms with Crippen LogP contribution < -0.4 is 9.64 Å². The van der Waals surface area contributed by atoms with E-state index >= 15 is 0 Å². The number of nitriles is 1. The minimum absolute atomic E-state index is 0.0749. The van der Waals surface area contributed by atoms with Crippen molar-refractivity contribution < 1.29 is 9.53 Å². The number of carbonyl (C=O) groups excluding carboxylic acids is 1. The molecule has 1 aliphatic heterocycles. The van der Waals surface area contributed by atoms with Crippen LogP contribution >= 0.6 is 0 Å². The fourth-order valence-corrected chi connectivity index (χ4v) is 2.91. The first-order valence-corrected chi connectivity index (χ1v) is 7.85. The Bertz CT molecular complexity index is 782. The number of piperazine rings is 1. The van der Waals surface area contributed by atoms with E-state index in [1.165, 1.54) is 0 Å². The number of benzene rings is 2. The van der Waals surface area contributed by atoms with Crippen LogP contribution in [0.4, 0.5) is 5.69 Å². The van der Waals surface area contributed by atoms with Crippen LogP contribution in [0.2, 0.25) is 0 Å². The number of hydrogen-bond donors (Lipinski definition) is 0. The summed E-state index contributed by atoms with van der Waals surface area (Å²) in [6.45, 7) is 2.48. The summed E-state index contributed by atoms with van der Waals surface area (Å²) in [6.07, 6.45) is 0. The molecule has 0 radical (unpaired) electrons. The van der Waals surface area contributed by atoms with Crippen LogP contribution in [-0.2, 0) is 11.3 Å². The van der Waals surface area contributed by atoms with Crippen molar-refractivity contribution in [1.82, 2.24) is 4.90 Å². The fourth-order valence-electron chi connectivity index (χ4n) is 2.91. The van der Waals surface area contributed by atoms with Crippen molar-refractivity contribution in [1.29, 1.82) is 5.26 Å². The van der Waals surface area contributed by atoms with Crippen LogP contribution in [0.1, 0.15) is 11.1 Å². The fraction of sp³-hybridized carbons (Fsp3) is 0.263. The third-order valence-electron chi connectivity index (χ3n) is 4.13. The molecule has 2 aromatic carbocycles. The number of hydrogen-bond acceptors (Lipinski definition) is 4. The second-order valence-electron chi connectivity index (χ2n) is 5.77. The number of anilines is 1. The predicted molar refractivity (Wildman–Crippen MR) is 91.8 cm³/mol. The normalized spacial score (nSPS) is 15.2. The zero-order chi connectivity index (χ0) is 16.9. The molecule has 0 atom stereocenters. The second kappa shape index (κ2) is 7.16. The number of rotatable bonds is 4. The molecule has 122 valence electrons. The molecule has 2 aromatic rings. The molecule has 5 heteroatoms. The Morgan fingerprint density at radius 1 is 1.17 bits per heavy atom. The summed E-state index contributed by atoms with van der Waals surface area (Å²) in [5.74, 6) is 0.821. The van der Waals surface area contributed by atoms with Gasteiger partial charge in [0.05, 0.1) is 25.3 Å². The van der Waals surface area contributed by atoms with E-state index in [1.807, 2.05) is 42.5 Å². The van der Waals surface area contributed by atoms with Gasteiger partial charge in [-0.15, -0.1) is 0 Å². The van der Waals surface area contributed by atoms with Gasteiger partial charge >= 0.3 is 0 Å². The molecule has 0 bridgehead atoms. The van der Waals surface area contributed by atoms with Crippen LogP contribution in [0.3, 0.4) is 0 Å². The summed E-state index contributed by atoms with van der Waals surface area (Å²) in [4.78, 5) is 16.4. The van der Waals surface area contributed by atoms with Crippen LogP contribution in [0, 0.1) is 11.3 Å². The number of amides is 1. The van der Waals surface area contributed by atoms with Crippen LogP contribution in [0.15, 0.2) is 48.5 Å². The summed E-state index contributed by atoms with van der Waals surface area (Å²) >= 11 is 0. The first-order chi connectivity index (χ1) is 11.7. The topological polar surface area (TPSA) is 56.6 Å². The molecule has 1 heterocycles. The Morgan fingerprint density at radius 2 is 2.00 bits per heavy atom. The first-order valence-electron chi connectivity index (χ1n) is 7.85. The Labute approximate surface area is 141 Å². The smallest absolute Gasteiger partial charge is 0.241 e. The monoisotopic (exact) mass is 321 g/mol. The van der Waals surface area contributed by atoms with E-state index < -0.39 is 0 Å². The highest BCUT2D eigenvalue weighted by molar-refractivity contribution is 5.95. The van der Waals surface area contributed by atoms with E-state index in [0.717, 1.165) is 23.5 Å². The molecule has 0 N–H and O–H groups in total. The molecule has 0 aromatic heterocycles. The van der Waals surface area contributed by atoms with Crippen molar-refractivity contribution in [3.8, 4) is 11.8 Å². The lowest BCUT2D eigenvalue weighted by Gasteiger charge is -2.34. The van der Waals surface area contributed by atoms with E-state index in [1.54, 1.807) is 18.1 Å². The number of methoxy groups -OCH3 is 1. The quantitative estimate of drug-likeness (QED) is 0.868. The lowest BCUT2D eigenvalue weighted by Crippen LogP contribution is -2.50. The molecule has 1 fully saturated rings. The lowest BCUT2D eigenvalue weighted by molar-refractivity contribution is -0.121. The van der Waals surface area contributed by atoms with E-state index in [-0.39, 0.29) is 5.91 Å². The number of nitrogens with zero attached hydrogens (tertiary/aromatic N) is 3. The van der Waals surface area contributed by atoms with Gasteiger partial charge in [0.25, 0.3) is 0 Å². The van der Waals surface area contributed by atoms with E-state index in [0.29, 0.717) is 25.2 Å². The van der Waals surface area contributed by atoms with Crippen molar-refractivity contribution in [3.63, 3.8) is 0 Å². The third-order valence-corrected chi connectivity index (χ3v) is 4.13. The van der Waals surface area contributed by atoms with Gasteiger partial charge in [0.1, 0.15) is 5.75 Å². The van der Waals surface area contributed by atoms with Gasteiger partial charge in [0.2, 0.25) is 5.91 Å². The SMILES string of the molecule is COc1cccc(N2CCN(Cc3cccc(C#N)c3)CC2=O)c1. The van der Waals surface area contributed by atoms with Crippen LogP contribution in [0.5, 0.6) is 5.75 Å². The third kappa shape index (κ3) is 3.55. The molecule has 1 saturated heterocycles. The van der Waals surface area contributed by atoms with Crippen molar-refractivity contribution >= 4 is 11.6 Å². The Balaban J connectivity index is 1.66. The zero-order valence-electron chi connectivity index (χ0n) is 13.6. The van der Waals surface area contributed by atoms with E-state index in [9.17, 15) is 4.79 Å². The summed E-state index contributed by atoms with van der Waals surface area (Å²) in [5, 5.41) is 8.98. The molecular weight excluding hydrogens is 302 g/mol. The van der Waals surface area contributed by atoms with Crippen molar-refractivity contribution in [2.75, 3.05) is 31.6 Å². The minimum Gasteiger partial charge on any atom is -0.497 e. The molecule has 0 aliphatic carbocycles. The molecule has 1 aliphatic rings. The van der Waals surface area contributed by atoms with Gasteiger partial charge in [-0.1, -0.05) is 18.2 Å². The second-order valence-corrected chi connectivity index (χ2v) is 5.77. The molecule has 0 spiro atoms. The predicted octanol–water partition coefficient (Wildman–Crippen LogP) is 2.42. The summed E-state index contributed by atoms with van der Waals surface area (Å²) in [5.41, 5.74) is 2.57. The maximum atomic E-state index is 12.5. The van der Waals surface area contributed by atoms with Gasteiger partial charge in [-0.3, -0.25) is 9.69 Å². The molecular formula is C19H19N3O2. The van der Waals surface area contributed by atoms with Crippen LogP contribution in [-0.4, -0.2) is 37.6 Å². The summed E-state index contributed by atoms with van der Waals surface area (Å²) in [6, 6.07) is 17.2. The van der Waals surface area contributed by atoms with Gasteiger partial charge in [0, 0.05) is 31.4 Å². The molecule has 1 amide bonds. The van der Waals surface area contributed by atoms with Gasteiger partial charge < -0.3 is 9.64 Å². The van der Waals surface area contributed by atoms with Gasteiger partial charge in [-0.2, -0.15) is 5.26 Å². The largest absolute Gasteiger partial charge is 0.497 e. The Kier molecular flexibility index (Phi) is 4.78. The van der Waals surface area contributed by atoms with Gasteiger partial charge in [-0.05, 0) is 29.8 Å². The average molecular weight is 321 g/mol. The Hall–Kier alpha value is -2.84. The summed E-state index contributed by atoms with van der Waals surface area (Å²) in [7, 11) is 1.62. The zero-order valence-corrected chi connectivity index (χ0v) is 13.6.